The van der Waals surface area contributed by atoms with Crippen molar-refractivity contribution in [2.75, 3.05) is 6.54 Å². The number of hydrogen-bond acceptors (Lipinski definition) is 3. The Labute approximate surface area is 120 Å². The van der Waals surface area contributed by atoms with Crippen molar-refractivity contribution in [3.63, 3.8) is 0 Å². The van der Waals surface area contributed by atoms with Crippen molar-refractivity contribution in [1.29, 1.82) is 0 Å². The molecule has 2 aliphatic rings. The fraction of sp³-hybridized carbons (Fsp3) is 0.688. The number of furan rings is 1. The van der Waals surface area contributed by atoms with Crippen LogP contribution in [0.1, 0.15) is 50.5 Å². The van der Waals surface area contributed by atoms with Crippen LogP contribution < -0.4 is 5.32 Å². The molecule has 1 N–H and O–H groups in total. The van der Waals surface area contributed by atoms with Gasteiger partial charge in [0, 0.05) is 19.0 Å². The first-order valence-corrected chi connectivity index (χ1v) is 7.79. The molecule has 1 aliphatic carbocycles. The third kappa shape index (κ3) is 3.63. The van der Waals surface area contributed by atoms with Gasteiger partial charge in [-0.3, -0.25) is 4.79 Å². The smallest absolute Gasteiger partial charge is 0.222 e. The highest BCUT2D eigenvalue weighted by molar-refractivity contribution is 5.76. The zero-order valence-corrected chi connectivity index (χ0v) is 12.2. The quantitative estimate of drug-likeness (QED) is 0.899. The van der Waals surface area contributed by atoms with Crippen molar-refractivity contribution in [3.8, 4) is 0 Å². The van der Waals surface area contributed by atoms with Crippen LogP contribution in [0.5, 0.6) is 0 Å². The lowest BCUT2D eigenvalue weighted by Crippen LogP contribution is -2.29. The number of nitrogens with one attached hydrogen (secondary N) is 1. The summed E-state index contributed by atoms with van der Waals surface area (Å²) < 4.78 is 5.82. The van der Waals surface area contributed by atoms with Gasteiger partial charge in [0.1, 0.15) is 11.5 Å². The van der Waals surface area contributed by atoms with E-state index < -0.39 is 0 Å². The zero-order chi connectivity index (χ0) is 13.9. The summed E-state index contributed by atoms with van der Waals surface area (Å²) in [6.07, 6.45) is 5.37. The number of carbonyl (C=O) groups is 1. The summed E-state index contributed by atoms with van der Waals surface area (Å²) in [5, 5.41) is 3.44. The zero-order valence-electron chi connectivity index (χ0n) is 12.2. The maximum absolute atomic E-state index is 12.1. The van der Waals surface area contributed by atoms with Gasteiger partial charge in [0.2, 0.25) is 5.91 Å². The van der Waals surface area contributed by atoms with E-state index in [1.807, 2.05) is 17.0 Å². The predicted molar refractivity (Wildman–Crippen MR) is 77.0 cm³/mol. The minimum atomic E-state index is 0.267. The van der Waals surface area contributed by atoms with Crippen molar-refractivity contribution < 1.29 is 9.21 Å². The molecule has 4 nitrogen and oxygen atoms in total. The van der Waals surface area contributed by atoms with Crippen molar-refractivity contribution in [1.82, 2.24) is 10.2 Å². The van der Waals surface area contributed by atoms with Crippen LogP contribution in [0.15, 0.2) is 16.5 Å². The molecule has 20 heavy (non-hydrogen) atoms. The summed E-state index contributed by atoms with van der Waals surface area (Å²) in [7, 11) is 0. The molecule has 1 unspecified atom stereocenters. The fourth-order valence-electron chi connectivity index (χ4n) is 2.66. The van der Waals surface area contributed by atoms with E-state index in [1.54, 1.807) is 0 Å². The monoisotopic (exact) mass is 276 g/mol. The van der Waals surface area contributed by atoms with E-state index in [0.29, 0.717) is 24.9 Å². The average Bonchev–Trinajstić information content (AvgIpc) is 3.19. The Bertz CT molecular complexity index is 465. The van der Waals surface area contributed by atoms with Crippen molar-refractivity contribution >= 4 is 5.91 Å². The minimum absolute atomic E-state index is 0.267. The van der Waals surface area contributed by atoms with Gasteiger partial charge in [-0.1, -0.05) is 6.92 Å². The Hall–Kier alpha value is -1.29. The molecule has 0 bridgehead atoms. The second kappa shape index (κ2) is 6.00. The lowest BCUT2D eigenvalue weighted by molar-refractivity contribution is -0.131. The summed E-state index contributed by atoms with van der Waals surface area (Å²) in [5.41, 5.74) is 0. The third-order valence-corrected chi connectivity index (χ3v) is 4.30. The number of hydrogen-bond donors (Lipinski definition) is 1. The number of carbonyl (C=O) groups excluding carboxylic acids is 1. The van der Waals surface area contributed by atoms with Gasteiger partial charge < -0.3 is 14.6 Å². The van der Waals surface area contributed by atoms with Crippen LogP contribution in [0.2, 0.25) is 0 Å². The van der Waals surface area contributed by atoms with Crippen LogP contribution >= 0.6 is 0 Å². The Morgan fingerprint density at radius 1 is 1.25 bits per heavy atom. The van der Waals surface area contributed by atoms with Gasteiger partial charge in [0.05, 0.1) is 13.1 Å². The molecule has 1 aromatic rings. The maximum Gasteiger partial charge on any atom is 0.222 e. The van der Waals surface area contributed by atoms with Crippen LogP contribution in [0.4, 0.5) is 0 Å². The molecule has 1 aromatic heterocycles. The SMILES string of the molecule is CC1CCC(=O)N(Cc2ccc(CNC3CC3)o2)CC1. The minimum Gasteiger partial charge on any atom is -0.463 e. The van der Waals surface area contributed by atoms with E-state index in [1.165, 1.54) is 12.8 Å². The van der Waals surface area contributed by atoms with E-state index in [4.69, 9.17) is 4.42 Å². The molecule has 4 heteroatoms. The van der Waals surface area contributed by atoms with E-state index in [0.717, 1.165) is 37.5 Å². The van der Waals surface area contributed by atoms with E-state index in [9.17, 15) is 4.79 Å². The molecule has 2 fully saturated rings. The van der Waals surface area contributed by atoms with Gasteiger partial charge in [-0.05, 0) is 43.7 Å². The highest BCUT2D eigenvalue weighted by atomic mass is 16.3. The first-order valence-electron chi connectivity index (χ1n) is 7.79. The highest BCUT2D eigenvalue weighted by Crippen LogP contribution is 2.21. The third-order valence-electron chi connectivity index (χ3n) is 4.30. The van der Waals surface area contributed by atoms with Crippen LogP contribution in [0, 0.1) is 5.92 Å². The molecular weight excluding hydrogens is 252 g/mol. The topological polar surface area (TPSA) is 45.5 Å². The molecule has 1 saturated heterocycles. The normalized spacial score (nSPS) is 23.9. The molecule has 0 radical (unpaired) electrons. The lowest BCUT2D eigenvalue weighted by Gasteiger charge is -2.19. The number of amides is 1. The molecular formula is C16H24N2O2. The predicted octanol–water partition coefficient (Wildman–Crippen LogP) is 2.68. The van der Waals surface area contributed by atoms with Gasteiger partial charge in [-0.25, -0.2) is 0 Å². The Balaban J connectivity index is 1.54. The molecule has 3 rings (SSSR count). The van der Waals surface area contributed by atoms with Gasteiger partial charge in [0.15, 0.2) is 0 Å². The van der Waals surface area contributed by atoms with Gasteiger partial charge in [-0.2, -0.15) is 0 Å². The first kappa shape index (κ1) is 13.7. The summed E-state index contributed by atoms with van der Waals surface area (Å²) >= 11 is 0. The van der Waals surface area contributed by atoms with Crippen LogP contribution in [0.25, 0.3) is 0 Å². The second-order valence-corrected chi connectivity index (χ2v) is 6.27. The van der Waals surface area contributed by atoms with Crippen molar-refractivity contribution in [3.05, 3.63) is 23.7 Å². The van der Waals surface area contributed by atoms with Crippen LogP contribution in [-0.4, -0.2) is 23.4 Å². The molecule has 1 saturated carbocycles. The maximum atomic E-state index is 12.1. The average molecular weight is 276 g/mol. The number of likely N-dealkylation sites (tertiary alicyclic amines) is 1. The molecule has 110 valence electrons. The Morgan fingerprint density at radius 2 is 2.05 bits per heavy atom. The summed E-state index contributed by atoms with van der Waals surface area (Å²) in [5.74, 6) is 2.80. The molecule has 1 aliphatic heterocycles. The molecule has 0 aromatic carbocycles. The summed E-state index contributed by atoms with van der Waals surface area (Å²) in [6, 6.07) is 4.72. The molecule has 0 spiro atoms. The molecule has 1 atom stereocenters. The second-order valence-electron chi connectivity index (χ2n) is 6.27. The van der Waals surface area contributed by atoms with Gasteiger partial charge >= 0.3 is 0 Å². The van der Waals surface area contributed by atoms with E-state index in [-0.39, 0.29) is 5.91 Å². The highest BCUT2D eigenvalue weighted by Gasteiger charge is 2.22. The molecule has 2 heterocycles. The first-order chi connectivity index (χ1) is 9.70. The van der Waals surface area contributed by atoms with Crippen LogP contribution in [0.3, 0.4) is 0 Å². The van der Waals surface area contributed by atoms with E-state index in [2.05, 4.69) is 12.2 Å². The lowest BCUT2D eigenvalue weighted by atomic mass is 10.0. The fourth-order valence-corrected chi connectivity index (χ4v) is 2.66. The molecule has 1 amide bonds. The number of rotatable bonds is 5. The summed E-state index contributed by atoms with van der Waals surface area (Å²) in [6.45, 7) is 4.51. The van der Waals surface area contributed by atoms with Crippen LogP contribution in [-0.2, 0) is 17.9 Å². The van der Waals surface area contributed by atoms with E-state index >= 15 is 0 Å². The largest absolute Gasteiger partial charge is 0.463 e. The summed E-state index contributed by atoms with van der Waals surface area (Å²) in [4.78, 5) is 14.0. The van der Waals surface area contributed by atoms with Gasteiger partial charge in [-0.15, -0.1) is 0 Å². The van der Waals surface area contributed by atoms with Crippen molar-refractivity contribution in [2.45, 2.75) is 58.2 Å². The Morgan fingerprint density at radius 3 is 2.85 bits per heavy atom. The standard InChI is InChI=1S/C16H24N2O2/c1-12-2-7-16(19)18(9-8-12)11-15-6-5-14(20-15)10-17-13-3-4-13/h5-6,12-13,17H,2-4,7-11H2,1H3. The van der Waals surface area contributed by atoms with Gasteiger partial charge in [0.25, 0.3) is 0 Å². The Kier molecular flexibility index (Phi) is 4.10. The van der Waals surface area contributed by atoms with Crippen molar-refractivity contribution in [2.24, 2.45) is 5.92 Å². The number of nitrogens with zero attached hydrogens (tertiary/aromatic N) is 1.